The lowest BCUT2D eigenvalue weighted by Crippen LogP contribution is -2.58. The van der Waals surface area contributed by atoms with Gasteiger partial charge in [-0.25, -0.2) is 0 Å². The first-order valence-corrected chi connectivity index (χ1v) is 9.31. The number of nitrogens with one attached hydrogen (secondary N) is 3. The molecule has 0 fully saturated rings. The van der Waals surface area contributed by atoms with Crippen LogP contribution in [0.2, 0.25) is 0 Å². The summed E-state index contributed by atoms with van der Waals surface area (Å²) >= 11 is 0. The minimum atomic E-state index is -1.43. The summed E-state index contributed by atoms with van der Waals surface area (Å²) in [5.41, 5.74) is 15.8. The fraction of sp³-hybridized carbons (Fsp3) is 0.647. The Morgan fingerprint density at radius 1 is 0.933 bits per heavy atom. The lowest BCUT2D eigenvalue weighted by atomic mass is 9.97. The largest absolute Gasteiger partial charge is 0.480 e. The van der Waals surface area contributed by atoms with Crippen molar-refractivity contribution in [2.75, 3.05) is 6.54 Å². The second kappa shape index (κ2) is 13.1. The molecule has 0 aromatic rings. The number of carboxylic acids is 1. The summed E-state index contributed by atoms with van der Waals surface area (Å²) in [6.45, 7) is 2.72. The maximum atomic E-state index is 12.7. The maximum absolute atomic E-state index is 12.7. The van der Waals surface area contributed by atoms with E-state index in [0.29, 0.717) is 6.42 Å². The number of rotatable bonds is 14. The monoisotopic (exact) mass is 430 g/mol. The third kappa shape index (κ3) is 10.4. The van der Waals surface area contributed by atoms with Crippen LogP contribution < -0.4 is 33.2 Å². The van der Waals surface area contributed by atoms with Gasteiger partial charge >= 0.3 is 5.97 Å². The molecule has 0 rings (SSSR count). The first kappa shape index (κ1) is 26.8. The fourth-order valence-corrected chi connectivity index (χ4v) is 2.35. The molecule has 170 valence electrons. The van der Waals surface area contributed by atoms with Crippen molar-refractivity contribution in [3.05, 3.63) is 0 Å². The van der Waals surface area contributed by atoms with Crippen LogP contribution in [-0.4, -0.2) is 65.3 Å². The van der Waals surface area contributed by atoms with Crippen LogP contribution in [0.4, 0.5) is 0 Å². The van der Waals surface area contributed by atoms with E-state index in [-0.39, 0.29) is 18.8 Å². The number of carbonyl (C=O) groups is 6. The Hall–Kier alpha value is -3.22. The molecule has 0 saturated heterocycles. The molecule has 0 spiro atoms. The number of hydrogen-bond donors (Lipinski definition) is 7. The molecule has 0 aromatic heterocycles. The number of nitrogens with two attached hydrogens (primary N) is 3. The van der Waals surface area contributed by atoms with Gasteiger partial charge in [0.1, 0.15) is 18.6 Å². The summed E-state index contributed by atoms with van der Waals surface area (Å²) < 4.78 is 0. The lowest BCUT2D eigenvalue weighted by molar-refractivity contribution is -0.139. The summed E-state index contributed by atoms with van der Waals surface area (Å²) in [4.78, 5) is 69.8. The zero-order valence-corrected chi connectivity index (χ0v) is 17.0. The molecule has 0 heterocycles. The summed E-state index contributed by atoms with van der Waals surface area (Å²) in [7, 11) is 0. The zero-order chi connectivity index (χ0) is 23.4. The number of aliphatic carboxylic acids is 1. The minimum Gasteiger partial charge on any atom is -0.480 e. The fourth-order valence-electron chi connectivity index (χ4n) is 2.35. The predicted octanol–water partition coefficient (Wildman–Crippen LogP) is -3.33. The zero-order valence-electron chi connectivity index (χ0n) is 17.0. The van der Waals surface area contributed by atoms with Crippen LogP contribution in [0.15, 0.2) is 0 Å². The van der Waals surface area contributed by atoms with E-state index in [1.54, 1.807) is 13.8 Å². The Labute approximate surface area is 173 Å². The maximum Gasteiger partial charge on any atom is 0.322 e. The van der Waals surface area contributed by atoms with Gasteiger partial charge in [-0.1, -0.05) is 20.3 Å². The average Bonchev–Trinajstić information content (AvgIpc) is 2.66. The molecule has 0 radical (unpaired) electrons. The van der Waals surface area contributed by atoms with E-state index in [0.717, 1.165) is 0 Å². The normalized spacial score (nSPS) is 14.5. The molecule has 0 saturated carbocycles. The molecule has 0 bridgehead atoms. The average molecular weight is 430 g/mol. The van der Waals surface area contributed by atoms with Crippen molar-refractivity contribution in [1.29, 1.82) is 0 Å². The highest BCUT2D eigenvalue weighted by Gasteiger charge is 2.31. The van der Waals surface area contributed by atoms with E-state index in [9.17, 15) is 28.8 Å². The molecule has 30 heavy (non-hydrogen) atoms. The smallest absolute Gasteiger partial charge is 0.322 e. The van der Waals surface area contributed by atoms with Crippen LogP contribution in [0.5, 0.6) is 0 Å². The number of carbonyl (C=O) groups excluding carboxylic acids is 5. The highest BCUT2D eigenvalue weighted by atomic mass is 16.4. The number of hydrogen-bond acceptors (Lipinski definition) is 7. The van der Waals surface area contributed by atoms with Gasteiger partial charge in [-0.2, -0.15) is 0 Å². The van der Waals surface area contributed by atoms with Crippen molar-refractivity contribution < 1.29 is 33.9 Å². The van der Waals surface area contributed by atoms with Crippen molar-refractivity contribution in [2.45, 2.75) is 57.7 Å². The van der Waals surface area contributed by atoms with Crippen molar-refractivity contribution >= 4 is 35.5 Å². The van der Waals surface area contributed by atoms with Gasteiger partial charge in [0.2, 0.25) is 29.5 Å². The first-order chi connectivity index (χ1) is 13.9. The number of amides is 5. The summed E-state index contributed by atoms with van der Waals surface area (Å²) in [6.07, 6.45) is -0.228. The third-order valence-corrected chi connectivity index (χ3v) is 4.28. The Balaban J connectivity index is 5.29. The van der Waals surface area contributed by atoms with E-state index in [2.05, 4.69) is 10.6 Å². The van der Waals surface area contributed by atoms with Gasteiger partial charge in [-0.3, -0.25) is 28.8 Å². The van der Waals surface area contributed by atoms with Crippen molar-refractivity contribution in [2.24, 2.45) is 23.1 Å². The second-order valence-corrected chi connectivity index (χ2v) is 6.83. The van der Waals surface area contributed by atoms with E-state index in [1.807, 2.05) is 5.32 Å². The number of carboxylic acid groups (broad SMARTS) is 1. The Kier molecular flexibility index (Phi) is 11.7. The van der Waals surface area contributed by atoms with Crippen molar-refractivity contribution in [3.63, 3.8) is 0 Å². The molecular formula is C17H30N6O7. The van der Waals surface area contributed by atoms with Crippen LogP contribution in [0.3, 0.4) is 0 Å². The minimum absolute atomic E-state index is 0.0160. The Bertz CT molecular complexity index is 669. The van der Waals surface area contributed by atoms with Crippen molar-refractivity contribution in [3.8, 4) is 0 Å². The van der Waals surface area contributed by atoms with E-state index >= 15 is 0 Å². The molecule has 0 aliphatic heterocycles. The molecular weight excluding hydrogens is 400 g/mol. The number of primary amides is 2. The third-order valence-electron chi connectivity index (χ3n) is 4.28. The topological polar surface area (TPSA) is 237 Å². The lowest BCUT2D eigenvalue weighted by Gasteiger charge is -2.27. The van der Waals surface area contributed by atoms with Crippen LogP contribution in [-0.2, 0) is 28.8 Å². The van der Waals surface area contributed by atoms with Crippen LogP contribution in [0.1, 0.15) is 39.5 Å². The molecule has 4 unspecified atom stereocenters. The summed E-state index contributed by atoms with van der Waals surface area (Å²) in [5.74, 6) is -5.62. The van der Waals surface area contributed by atoms with Gasteiger partial charge in [-0.15, -0.1) is 0 Å². The Morgan fingerprint density at radius 3 is 2.00 bits per heavy atom. The van der Waals surface area contributed by atoms with Gasteiger partial charge in [-0.05, 0) is 12.3 Å². The highest BCUT2D eigenvalue weighted by molar-refractivity contribution is 5.95. The van der Waals surface area contributed by atoms with Gasteiger partial charge in [0, 0.05) is 6.42 Å². The van der Waals surface area contributed by atoms with Gasteiger partial charge < -0.3 is 38.3 Å². The Morgan fingerprint density at radius 2 is 1.53 bits per heavy atom. The summed E-state index contributed by atoms with van der Waals surface area (Å²) in [6, 6.07) is -3.62. The van der Waals surface area contributed by atoms with Gasteiger partial charge in [0.25, 0.3) is 0 Å². The standard InChI is InChI=1S/C17H30N6O7/c1-3-8(2)14(23-15(28)9(18)4-5-11(19)24)17(30)22-10(6-12(20)25)16(29)21-7-13(26)27/h8-10,14H,3-7,18H2,1-2H3,(H2,19,24)(H2,20,25)(H,21,29)(H,22,30)(H,23,28)(H,26,27). The van der Waals surface area contributed by atoms with E-state index in [4.69, 9.17) is 22.3 Å². The van der Waals surface area contributed by atoms with E-state index in [1.165, 1.54) is 0 Å². The van der Waals surface area contributed by atoms with Crippen LogP contribution in [0.25, 0.3) is 0 Å². The molecule has 5 amide bonds. The van der Waals surface area contributed by atoms with Crippen LogP contribution in [0, 0.1) is 5.92 Å². The van der Waals surface area contributed by atoms with Gasteiger partial charge in [0.15, 0.2) is 0 Å². The van der Waals surface area contributed by atoms with E-state index < -0.39 is 66.6 Å². The molecule has 0 aliphatic carbocycles. The molecule has 13 nitrogen and oxygen atoms in total. The molecule has 0 aliphatic rings. The molecule has 0 aromatic carbocycles. The summed E-state index contributed by atoms with van der Waals surface area (Å²) in [5, 5.41) is 15.5. The second-order valence-electron chi connectivity index (χ2n) is 6.83. The van der Waals surface area contributed by atoms with Gasteiger partial charge in [0.05, 0.1) is 12.5 Å². The van der Waals surface area contributed by atoms with Crippen LogP contribution >= 0.6 is 0 Å². The highest BCUT2D eigenvalue weighted by Crippen LogP contribution is 2.10. The molecule has 4 atom stereocenters. The first-order valence-electron chi connectivity index (χ1n) is 9.31. The quantitative estimate of drug-likeness (QED) is 0.147. The van der Waals surface area contributed by atoms with Crippen molar-refractivity contribution in [1.82, 2.24) is 16.0 Å². The molecule has 13 heteroatoms. The SMILES string of the molecule is CCC(C)C(NC(=O)C(N)CCC(N)=O)C(=O)NC(CC(N)=O)C(=O)NCC(=O)O. The molecule has 10 N–H and O–H groups in total. The predicted molar refractivity (Wildman–Crippen MR) is 104 cm³/mol.